The van der Waals surface area contributed by atoms with E-state index in [2.05, 4.69) is 15.5 Å². The predicted molar refractivity (Wildman–Crippen MR) is 105 cm³/mol. The largest absolute Gasteiger partial charge is 0.431 e. The summed E-state index contributed by atoms with van der Waals surface area (Å²) in [5.41, 5.74) is 2.00. The molecular formula is C19H17ClFN5O4. The van der Waals surface area contributed by atoms with Crippen molar-refractivity contribution in [2.24, 2.45) is 4.99 Å². The molecule has 11 heteroatoms. The summed E-state index contributed by atoms with van der Waals surface area (Å²) < 4.78 is 23.8. The Morgan fingerprint density at radius 3 is 2.83 bits per heavy atom. The van der Waals surface area contributed by atoms with Crippen molar-refractivity contribution in [3.63, 3.8) is 0 Å². The van der Waals surface area contributed by atoms with Gasteiger partial charge in [0.25, 0.3) is 5.91 Å². The molecular weight excluding hydrogens is 417 g/mol. The van der Waals surface area contributed by atoms with Gasteiger partial charge in [-0.25, -0.2) is 9.18 Å². The molecule has 0 fully saturated rings. The Kier molecular flexibility index (Phi) is 5.17. The molecule has 9 nitrogen and oxygen atoms in total. The fourth-order valence-electron chi connectivity index (χ4n) is 3.12. The number of amidine groups is 1. The molecule has 2 aromatic rings. The van der Waals surface area contributed by atoms with Crippen LogP contribution in [0.25, 0.3) is 0 Å². The maximum absolute atomic E-state index is 13.3. The normalized spacial score (nSPS) is 15.9. The molecule has 1 aromatic carbocycles. The number of aliphatic imine (C=N–C) groups is 1. The average molecular weight is 434 g/mol. The highest BCUT2D eigenvalue weighted by atomic mass is 35.5. The van der Waals surface area contributed by atoms with Crippen LogP contribution in [-0.4, -0.2) is 46.0 Å². The van der Waals surface area contributed by atoms with E-state index < -0.39 is 17.8 Å². The molecule has 0 aliphatic carbocycles. The van der Waals surface area contributed by atoms with E-state index in [0.717, 1.165) is 11.6 Å². The van der Waals surface area contributed by atoms with Gasteiger partial charge < -0.3 is 19.5 Å². The fraction of sp³-hybridized carbons (Fsp3) is 0.263. The SMILES string of the molecule is Cc1noc(C)c1CN1CCN2C(C(=O)Nc3ccc(F)c(Cl)c3)=COC2=NC1=O. The van der Waals surface area contributed by atoms with E-state index in [0.29, 0.717) is 23.7 Å². The van der Waals surface area contributed by atoms with E-state index in [4.69, 9.17) is 20.9 Å². The number of amides is 3. The number of nitrogens with one attached hydrogen (secondary N) is 1. The number of nitrogens with zero attached hydrogens (tertiary/aromatic N) is 4. The zero-order valence-electron chi connectivity index (χ0n) is 16.1. The van der Waals surface area contributed by atoms with Gasteiger partial charge in [-0.2, -0.15) is 0 Å². The van der Waals surface area contributed by atoms with Gasteiger partial charge in [-0.3, -0.25) is 9.69 Å². The quantitative estimate of drug-likeness (QED) is 0.794. The number of anilines is 1. The van der Waals surface area contributed by atoms with Crippen LogP contribution < -0.4 is 5.32 Å². The zero-order valence-corrected chi connectivity index (χ0v) is 16.9. The summed E-state index contributed by atoms with van der Waals surface area (Å²) in [6, 6.07) is 3.37. The van der Waals surface area contributed by atoms with E-state index in [1.165, 1.54) is 28.2 Å². The Hall–Kier alpha value is -3.40. The first-order valence-corrected chi connectivity index (χ1v) is 9.41. The van der Waals surface area contributed by atoms with Crippen LogP contribution in [0.2, 0.25) is 5.02 Å². The average Bonchev–Trinajstić information content (AvgIpc) is 3.20. The second kappa shape index (κ2) is 7.79. The number of halogens is 2. The van der Waals surface area contributed by atoms with Gasteiger partial charge in [-0.1, -0.05) is 16.8 Å². The monoisotopic (exact) mass is 433 g/mol. The lowest BCUT2D eigenvalue weighted by molar-refractivity contribution is -0.113. The Bertz CT molecular complexity index is 1080. The van der Waals surface area contributed by atoms with Crippen LogP contribution in [0.4, 0.5) is 14.9 Å². The summed E-state index contributed by atoms with van der Waals surface area (Å²) in [6.45, 7) is 4.44. The zero-order chi connectivity index (χ0) is 21.4. The molecule has 3 heterocycles. The Morgan fingerprint density at radius 2 is 2.13 bits per heavy atom. The molecule has 1 aromatic heterocycles. The molecule has 1 N–H and O–H groups in total. The third-order valence-corrected chi connectivity index (χ3v) is 5.08. The predicted octanol–water partition coefficient (Wildman–Crippen LogP) is 3.19. The van der Waals surface area contributed by atoms with Crippen LogP contribution in [0, 0.1) is 19.7 Å². The molecule has 2 aliphatic heterocycles. The van der Waals surface area contributed by atoms with Crippen molar-refractivity contribution in [3.8, 4) is 0 Å². The molecule has 0 unspecified atom stereocenters. The summed E-state index contributed by atoms with van der Waals surface area (Å²) in [5.74, 6) is -0.460. The number of ether oxygens (including phenoxy) is 1. The summed E-state index contributed by atoms with van der Waals surface area (Å²) in [7, 11) is 0. The van der Waals surface area contributed by atoms with E-state index in [1.807, 2.05) is 0 Å². The Balaban J connectivity index is 1.47. The smallest absolute Gasteiger partial charge is 0.348 e. The lowest BCUT2D eigenvalue weighted by Gasteiger charge is -2.21. The summed E-state index contributed by atoms with van der Waals surface area (Å²) in [6.07, 6.45) is 1.22. The lowest BCUT2D eigenvalue weighted by atomic mass is 10.2. The van der Waals surface area contributed by atoms with E-state index >= 15 is 0 Å². The van der Waals surface area contributed by atoms with Crippen molar-refractivity contribution in [1.82, 2.24) is 15.0 Å². The van der Waals surface area contributed by atoms with Crippen LogP contribution >= 0.6 is 11.6 Å². The maximum atomic E-state index is 13.3. The van der Waals surface area contributed by atoms with Crippen LogP contribution in [0.5, 0.6) is 0 Å². The van der Waals surface area contributed by atoms with Gasteiger partial charge in [0.1, 0.15) is 23.5 Å². The maximum Gasteiger partial charge on any atom is 0.348 e. The molecule has 0 radical (unpaired) electrons. The molecule has 4 rings (SSSR count). The number of urea groups is 1. The van der Waals surface area contributed by atoms with Crippen molar-refractivity contribution in [3.05, 3.63) is 58.0 Å². The van der Waals surface area contributed by atoms with Gasteiger partial charge in [0.2, 0.25) is 0 Å². The van der Waals surface area contributed by atoms with Gasteiger partial charge in [0, 0.05) is 24.3 Å². The molecule has 0 saturated carbocycles. The van der Waals surface area contributed by atoms with Gasteiger partial charge in [0.05, 0.1) is 17.3 Å². The van der Waals surface area contributed by atoms with E-state index in [1.54, 1.807) is 13.8 Å². The molecule has 2 aliphatic rings. The number of carbonyl (C=O) groups excluding carboxylic acids is 2. The third kappa shape index (κ3) is 3.73. The third-order valence-electron chi connectivity index (χ3n) is 4.79. The van der Waals surface area contributed by atoms with Crippen molar-refractivity contribution in [2.45, 2.75) is 20.4 Å². The number of hydrogen-bond donors (Lipinski definition) is 1. The minimum Gasteiger partial charge on any atom is -0.431 e. The van der Waals surface area contributed by atoms with Crippen LogP contribution in [0.3, 0.4) is 0 Å². The number of carbonyl (C=O) groups is 2. The number of aryl methyl sites for hydroxylation is 2. The second-order valence-electron chi connectivity index (χ2n) is 6.76. The highest BCUT2D eigenvalue weighted by Crippen LogP contribution is 2.24. The van der Waals surface area contributed by atoms with Crippen LogP contribution in [0.15, 0.2) is 39.7 Å². The van der Waals surface area contributed by atoms with Gasteiger partial charge >= 0.3 is 12.1 Å². The van der Waals surface area contributed by atoms with Crippen LogP contribution in [0.1, 0.15) is 17.0 Å². The minimum atomic E-state index is -0.586. The molecule has 30 heavy (non-hydrogen) atoms. The highest BCUT2D eigenvalue weighted by molar-refractivity contribution is 6.31. The summed E-state index contributed by atoms with van der Waals surface area (Å²) in [4.78, 5) is 32.2. The van der Waals surface area contributed by atoms with Gasteiger partial charge in [0.15, 0.2) is 0 Å². The Labute approximate surface area is 175 Å². The Morgan fingerprint density at radius 1 is 1.33 bits per heavy atom. The summed E-state index contributed by atoms with van der Waals surface area (Å²) in [5, 5.41) is 6.41. The fourth-order valence-corrected chi connectivity index (χ4v) is 3.30. The molecule has 0 saturated heterocycles. The number of hydrogen-bond acceptors (Lipinski definition) is 6. The van der Waals surface area contributed by atoms with E-state index in [-0.39, 0.29) is 29.8 Å². The standard InChI is InChI=1S/C19H17ClFN5O4/c1-10-13(11(2)30-24-10)8-25-5-6-26-16(9-29-19(26)23-18(25)28)17(27)22-12-3-4-15(21)14(20)7-12/h3-4,7,9H,5-6,8H2,1-2H3,(H,22,27). The van der Waals surface area contributed by atoms with Gasteiger partial charge in [-0.05, 0) is 32.0 Å². The topological polar surface area (TPSA) is 100 Å². The molecule has 3 amide bonds. The van der Waals surface area contributed by atoms with Crippen molar-refractivity contribution in [2.75, 3.05) is 18.4 Å². The first-order chi connectivity index (χ1) is 14.3. The second-order valence-corrected chi connectivity index (χ2v) is 7.16. The van der Waals surface area contributed by atoms with Crippen molar-refractivity contribution < 1.29 is 23.2 Å². The summed E-state index contributed by atoms with van der Waals surface area (Å²) >= 11 is 5.75. The van der Waals surface area contributed by atoms with Crippen LogP contribution in [-0.2, 0) is 16.1 Å². The molecule has 156 valence electrons. The number of benzene rings is 1. The molecule has 0 spiro atoms. The number of aromatic nitrogens is 1. The molecule has 0 atom stereocenters. The van der Waals surface area contributed by atoms with Crippen molar-refractivity contribution >= 4 is 35.2 Å². The highest BCUT2D eigenvalue weighted by Gasteiger charge is 2.34. The first-order valence-electron chi connectivity index (χ1n) is 9.03. The van der Waals surface area contributed by atoms with Crippen molar-refractivity contribution in [1.29, 1.82) is 0 Å². The number of rotatable bonds is 4. The van der Waals surface area contributed by atoms with E-state index in [9.17, 15) is 14.0 Å². The van der Waals surface area contributed by atoms with Gasteiger partial charge in [-0.15, -0.1) is 4.99 Å². The number of fused-ring (bicyclic) bond motifs is 1. The lowest BCUT2D eigenvalue weighted by Crippen LogP contribution is -2.36. The minimum absolute atomic E-state index is 0.0172. The molecule has 0 bridgehead atoms. The first kappa shape index (κ1) is 19.9.